The van der Waals surface area contributed by atoms with Crippen molar-refractivity contribution >= 4 is 38.9 Å². The average molecular weight is 510 g/mol. The normalized spacial score (nSPS) is 17.7. The standard InChI is InChI=1S/C27H28ClN3O3S/c28-21-12-10-20(11-13-21)27(32)29-22-14-15-25(31-16-3-4-17-31)26(18-22)35(33,34)30-24-9-5-7-19-6-1-2-8-23(19)24/h1-2,6,8,10-15,18,24,30H,3-5,7,9,16-17H2,(H,29,32). The SMILES string of the molecule is O=C(Nc1ccc(N2CCCC2)c(S(=O)(=O)NC2CCCc3ccccc32)c1)c1ccc(Cl)cc1. The van der Waals surface area contributed by atoms with E-state index < -0.39 is 10.0 Å². The molecule has 8 heteroatoms. The Bertz CT molecular complexity index is 1340. The minimum absolute atomic E-state index is 0.191. The zero-order valence-electron chi connectivity index (χ0n) is 19.3. The number of hydrogen-bond acceptors (Lipinski definition) is 4. The fraction of sp³-hybridized carbons (Fsp3) is 0.296. The largest absolute Gasteiger partial charge is 0.370 e. The summed E-state index contributed by atoms with van der Waals surface area (Å²) in [6.07, 6.45) is 4.69. The number of aryl methyl sites for hydroxylation is 1. The Balaban J connectivity index is 1.47. The molecule has 0 aromatic heterocycles. The Morgan fingerprint density at radius 3 is 2.46 bits per heavy atom. The number of carbonyl (C=O) groups is 1. The van der Waals surface area contributed by atoms with Gasteiger partial charge in [-0.15, -0.1) is 0 Å². The van der Waals surface area contributed by atoms with Crippen molar-refractivity contribution in [3.8, 4) is 0 Å². The van der Waals surface area contributed by atoms with Crippen molar-refractivity contribution in [1.29, 1.82) is 0 Å². The molecule has 0 radical (unpaired) electrons. The number of halogens is 1. The Morgan fingerprint density at radius 1 is 0.943 bits per heavy atom. The Hall–Kier alpha value is -2.87. The number of benzene rings is 3. The predicted octanol–water partition coefficient (Wildman–Crippen LogP) is 5.55. The van der Waals surface area contributed by atoms with Gasteiger partial charge in [-0.1, -0.05) is 35.9 Å². The summed E-state index contributed by atoms with van der Waals surface area (Å²) in [6, 6.07) is 19.4. The van der Waals surface area contributed by atoms with Crippen LogP contribution in [-0.4, -0.2) is 27.4 Å². The molecule has 1 amide bonds. The Labute approximate surface area is 211 Å². The number of amides is 1. The van der Waals surface area contributed by atoms with E-state index in [4.69, 9.17) is 11.6 Å². The lowest BCUT2D eigenvalue weighted by Gasteiger charge is -2.28. The number of hydrogen-bond donors (Lipinski definition) is 2. The van der Waals surface area contributed by atoms with Gasteiger partial charge >= 0.3 is 0 Å². The first-order valence-electron chi connectivity index (χ1n) is 12.0. The molecule has 5 rings (SSSR count). The third-order valence-corrected chi connectivity index (χ3v) is 8.48. The fourth-order valence-corrected chi connectivity index (χ4v) is 6.58. The second kappa shape index (κ2) is 10.0. The maximum atomic E-state index is 13.8. The lowest BCUT2D eigenvalue weighted by Crippen LogP contribution is -2.32. The molecule has 2 aliphatic rings. The molecule has 35 heavy (non-hydrogen) atoms. The van der Waals surface area contributed by atoms with Crippen molar-refractivity contribution in [2.45, 2.75) is 43.0 Å². The van der Waals surface area contributed by atoms with Crippen LogP contribution in [0.3, 0.4) is 0 Å². The summed E-state index contributed by atoms with van der Waals surface area (Å²) in [5.74, 6) is -0.326. The molecule has 0 saturated carbocycles. The lowest BCUT2D eigenvalue weighted by molar-refractivity contribution is 0.102. The van der Waals surface area contributed by atoms with Crippen LogP contribution < -0.4 is 14.9 Å². The van der Waals surface area contributed by atoms with E-state index in [-0.39, 0.29) is 16.8 Å². The van der Waals surface area contributed by atoms with Gasteiger partial charge in [0.15, 0.2) is 0 Å². The molecule has 1 saturated heterocycles. The first-order chi connectivity index (χ1) is 16.9. The van der Waals surface area contributed by atoms with E-state index in [1.165, 1.54) is 5.56 Å². The van der Waals surface area contributed by atoms with E-state index in [1.54, 1.807) is 42.5 Å². The van der Waals surface area contributed by atoms with Gasteiger partial charge in [0, 0.05) is 35.4 Å². The first-order valence-corrected chi connectivity index (χ1v) is 13.8. The van der Waals surface area contributed by atoms with Crippen LogP contribution in [0.15, 0.2) is 71.6 Å². The zero-order chi connectivity index (χ0) is 24.4. The van der Waals surface area contributed by atoms with Crippen LogP contribution in [0.4, 0.5) is 11.4 Å². The highest BCUT2D eigenvalue weighted by molar-refractivity contribution is 7.89. The molecule has 1 aliphatic heterocycles. The molecule has 3 aromatic carbocycles. The zero-order valence-corrected chi connectivity index (χ0v) is 20.9. The van der Waals surface area contributed by atoms with Crippen LogP contribution in [0, 0.1) is 0 Å². The van der Waals surface area contributed by atoms with Crippen molar-refractivity contribution < 1.29 is 13.2 Å². The van der Waals surface area contributed by atoms with Crippen molar-refractivity contribution in [2.24, 2.45) is 0 Å². The van der Waals surface area contributed by atoms with Gasteiger partial charge in [-0.25, -0.2) is 13.1 Å². The Morgan fingerprint density at radius 2 is 1.69 bits per heavy atom. The third-order valence-electron chi connectivity index (χ3n) is 6.73. The van der Waals surface area contributed by atoms with Crippen LogP contribution in [0.25, 0.3) is 0 Å². The summed E-state index contributed by atoms with van der Waals surface area (Å²) in [7, 11) is -3.86. The van der Waals surface area contributed by atoms with Gasteiger partial charge in [0.05, 0.1) is 5.69 Å². The lowest BCUT2D eigenvalue weighted by atomic mass is 9.88. The van der Waals surface area contributed by atoms with Gasteiger partial charge in [-0.3, -0.25) is 4.79 Å². The second-order valence-corrected chi connectivity index (χ2v) is 11.2. The fourth-order valence-electron chi connectivity index (χ4n) is 4.96. The van der Waals surface area contributed by atoms with Crippen molar-refractivity contribution in [3.63, 3.8) is 0 Å². The number of nitrogens with one attached hydrogen (secondary N) is 2. The smallest absolute Gasteiger partial charge is 0.255 e. The van der Waals surface area contributed by atoms with Crippen LogP contribution in [-0.2, 0) is 16.4 Å². The molecule has 6 nitrogen and oxygen atoms in total. The first kappa shape index (κ1) is 23.9. The summed E-state index contributed by atoms with van der Waals surface area (Å²) in [5.41, 5.74) is 3.77. The Kier molecular flexibility index (Phi) is 6.82. The van der Waals surface area contributed by atoms with Gasteiger partial charge in [0.2, 0.25) is 10.0 Å². The number of anilines is 2. The van der Waals surface area contributed by atoms with Gasteiger partial charge < -0.3 is 10.2 Å². The van der Waals surface area contributed by atoms with E-state index in [0.29, 0.717) is 22.0 Å². The molecule has 182 valence electrons. The minimum atomic E-state index is -3.86. The third kappa shape index (κ3) is 5.22. The summed E-state index contributed by atoms with van der Waals surface area (Å²) in [5, 5.41) is 3.38. The van der Waals surface area contributed by atoms with E-state index in [0.717, 1.165) is 50.8 Å². The van der Waals surface area contributed by atoms with Crippen LogP contribution in [0.2, 0.25) is 5.02 Å². The molecule has 1 aliphatic carbocycles. The number of sulfonamides is 1. The topological polar surface area (TPSA) is 78.5 Å². The van der Waals surface area contributed by atoms with E-state index in [1.807, 2.05) is 18.2 Å². The predicted molar refractivity (Wildman–Crippen MR) is 140 cm³/mol. The monoisotopic (exact) mass is 509 g/mol. The summed E-state index contributed by atoms with van der Waals surface area (Å²) < 4.78 is 30.5. The quantitative estimate of drug-likeness (QED) is 0.456. The van der Waals surface area contributed by atoms with Crippen molar-refractivity contribution in [3.05, 3.63) is 88.4 Å². The van der Waals surface area contributed by atoms with Crippen molar-refractivity contribution in [1.82, 2.24) is 4.72 Å². The van der Waals surface area contributed by atoms with Gasteiger partial charge in [0.25, 0.3) is 5.91 Å². The maximum absolute atomic E-state index is 13.8. The molecule has 3 aromatic rings. The number of nitrogens with zero attached hydrogens (tertiary/aromatic N) is 1. The highest BCUT2D eigenvalue weighted by Gasteiger charge is 2.29. The molecule has 1 atom stereocenters. The molecule has 2 N–H and O–H groups in total. The highest BCUT2D eigenvalue weighted by atomic mass is 35.5. The van der Waals surface area contributed by atoms with Gasteiger partial charge in [-0.2, -0.15) is 0 Å². The van der Waals surface area contributed by atoms with Crippen molar-refractivity contribution in [2.75, 3.05) is 23.3 Å². The molecule has 0 bridgehead atoms. The number of rotatable bonds is 6. The molecule has 1 fully saturated rings. The second-order valence-electron chi connectivity index (χ2n) is 9.10. The maximum Gasteiger partial charge on any atom is 0.255 e. The summed E-state index contributed by atoms with van der Waals surface area (Å²) in [6.45, 7) is 1.62. The molecular formula is C27H28ClN3O3S. The molecule has 0 spiro atoms. The minimum Gasteiger partial charge on any atom is -0.370 e. The average Bonchev–Trinajstić information content (AvgIpc) is 3.39. The van der Waals surface area contributed by atoms with E-state index in [9.17, 15) is 13.2 Å². The molecule has 1 heterocycles. The van der Waals surface area contributed by atoms with Crippen LogP contribution >= 0.6 is 11.6 Å². The van der Waals surface area contributed by atoms with Gasteiger partial charge in [-0.05, 0) is 85.7 Å². The summed E-state index contributed by atoms with van der Waals surface area (Å²) in [4.78, 5) is 15.0. The van der Waals surface area contributed by atoms with Crippen LogP contribution in [0.1, 0.15) is 53.2 Å². The van der Waals surface area contributed by atoms with E-state index in [2.05, 4.69) is 21.0 Å². The highest BCUT2D eigenvalue weighted by Crippen LogP contribution is 2.35. The number of fused-ring (bicyclic) bond motifs is 1. The van der Waals surface area contributed by atoms with E-state index >= 15 is 0 Å². The van der Waals surface area contributed by atoms with Gasteiger partial charge in [0.1, 0.15) is 4.90 Å². The molecular weight excluding hydrogens is 482 g/mol. The number of carbonyl (C=O) groups excluding carboxylic acids is 1. The molecule has 1 unspecified atom stereocenters. The summed E-state index contributed by atoms with van der Waals surface area (Å²) >= 11 is 5.93. The van der Waals surface area contributed by atoms with Crippen LogP contribution in [0.5, 0.6) is 0 Å².